The number of nitrogens with zero attached hydrogens (tertiary/aromatic N) is 3. The van der Waals surface area contributed by atoms with Gasteiger partial charge in [0, 0.05) is 56.9 Å². The number of hydrogen-bond acceptors (Lipinski definition) is 4. The third-order valence-corrected chi connectivity index (χ3v) is 6.85. The number of alkyl halides is 3. The molecule has 1 fully saturated rings. The minimum absolute atomic E-state index is 0.0341. The first-order chi connectivity index (χ1) is 17.3. The number of carbonyl (C=O) groups is 1. The number of ether oxygens (including phenoxy) is 1. The third-order valence-electron chi connectivity index (χ3n) is 6.85. The Balaban J connectivity index is 1.08. The average Bonchev–Trinajstić information content (AvgIpc) is 3.29. The van der Waals surface area contributed by atoms with E-state index in [2.05, 4.69) is 9.80 Å². The minimum atomic E-state index is -4.86. The van der Waals surface area contributed by atoms with Crippen molar-refractivity contribution in [1.29, 1.82) is 0 Å². The second-order valence-electron chi connectivity index (χ2n) is 9.26. The van der Waals surface area contributed by atoms with Gasteiger partial charge in [-0.05, 0) is 53.3 Å². The minimum Gasteiger partial charge on any atom is -0.494 e. The summed E-state index contributed by atoms with van der Waals surface area (Å²) in [6.45, 7) is 4.78. The van der Waals surface area contributed by atoms with Gasteiger partial charge in [-0.15, -0.1) is 0 Å². The maximum absolute atomic E-state index is 13.8. The summed E-state index contributed by atoms with van der Waals surface area (Å²) in [5.74, 6) is -1.44. The Labute approximate surface area is 206 Å². The Hall–Kier alpha value is -3.33. The van der Waals surface area contributed by atoms with Crippen molar-refractivity contribution in [3.63, 3.8) is 0 Å². The van der Waals surface area contributed by atoms with Gasteiger partial charge in [-0.2, -0.15) is 13.2 Å². The zero-order valence-electron chi connectivity index (χ0n) is 19.7. The molecule has 1 amide bonds. The summed E-state index contributed by atoms with van der Waals surface area (Å²) in [6, 6.07) is 16.1. The Kier molecular flexibility index (Phi) is 6.75. The summed E-state index contributed by atoms with van der Waals surface area (Å²) in [4.78, 5) is 17.0. The molecule has 0 aromatic heterocycles. The molecule has 9 heteroatoms. The number of rotatable bonds is 6. The number of halogens is 4. The van der Waals surface area contributed by atoms with Crippen molar-refractivity contribution in [3.8, 4) is 5.75 Å². The van der Waals surface area contributed by atoms with Gasteiger partial charge in [-0.25, -0.2) is 4.39 Å². The van der Waals surface area contributed by atoms with Gasteiger partial charge in [0.15, 0.2) is 0 Å². The van der Waals surface area contributed by atoms with E-state index in [1.54, 1.807) is 24.3 Å². The molecule has 0 unspecified atom stereocenters. The fourth-order valence-electron chi connectivity index (χ4n) is 4.98. The molecule has 3 aromatic rings. The van der Waals surface area contributed by atoms with Crippen LogP contribution in [0.3, 0.4) is 0 Å². The van der Waals surface area contributed by atoms with Crippen molar-refractivity contribution in [1.82, 2.24) is 9.80 Å². The van der Waals surface area contributed by atoms with Crippen LogP contribution in [0.2, 0.25) is 0 Å². The van der Waals surface area contributed by atoms with Crippen LogP contribution in [-0.2, 0) is 17.9 Å². The Morgan fingerprint density at radius 2 is 1.69 bits per heavy atom. The van der Waals surface area contributed by atoms with Crippen LogP contribution in [0.5, 0.6) is 5.75 Å². The number of anilines is 1. The first kappa shape index (κ1) is 24.4. The normalized spacial score (nSPS) is 16.4. The molecule has 190 valence electrons. The Bertz CT molecular complexity index is 1260. The summed E-state index contributed by atoms with van der Waals surface area (Å²) in [7, 11) is 0. The van der Waals surface area contributed by atoms with Crippen molar-refractivity contribution in [2.45, 2.75) is 25.7 Å². The van der Waals surface area contributed by atoms with E-state index in [9.17, 15) is 22.4 Å². The summed E-state index contributed by atoms with van der Waals surface area (Å²) in [5.41, 5.74) is 2.46. The van der Waals surface area contributed by atoms with Crippen LogP contribution < -0.4 is 9.64 Å². The second kappa shape index (κ2) is 9.97. The number of carbonyl (C=O) groups excluding carboxylic acids is 1. The second-order valence-corrected chi connectivity index (χ2v) is 9.26. The van der Waals surface area contributed by atoms with E-state index in [0.717, 1.165) is 60.5 Å². The molecule has 0 spiro atoms. The lowest BCUT2D eigenvalue weighted by Crippen LogP contribution is -2.46. The van der Waals surface area contributed by atoms with Crippen LogP contribution in [0, 0.1) is 5.82 Å². The van der Waals surface area contributed by atoms with Crippen LogP contribution in [0.25, 0.3) is 10.8 Å². The maximum Gasteiger partial charge on any atom is 0.471 e. The summed E-state index contributed by atoms with van der Waals surface area (Å²) in [5, 5.41) is 1.96. The van der Waals surface area contributed by atoms with Crippen LogP contribution in [0.1, 0.15) is 17.5 Å². The van der Waals surface area contributed by atoms with Gasteiger partial charge < -0.3 is 14.5 Å². The number of amides is 1. The standard InChI is InChI=1S/C27H27F4N3O2/c28-22-7-5-19-3-1-4-25(24(19)16-22)33-12-10-32(11-13-33)9-2-14-36-23-8-6-20-17-34(18-21(20)15-23)26(35)27(29,30)31/h1,3-8,15-16H,2,9-14,17-18H2. The van der Waals surface area contributed by atoms with Gasteiger partial charge in [0.1, 0.15) is 11.6 Å². The quantitative estimate of drug-likeness (QED) is 0.353. The maximum atomic E-state index is 13.8. The molecule has 2 aliphatic heterocycles. The van der Waals surface area contributed by atoms with Crippen LogP contribution in [0.4, 0.5) is 23.2 Å². The molecule has 0 saturated carbocycles. The van der Waals surface area contributed by atoms with E-state index in [1.165, 1.54) is 6.07 Å². The summed E-state index contributed by atoms with van der Waals surface area (Å²) < 4.78 is 57.8. The molecule has 5 rings (SSSR count). The summed E-state index contributed by atoms with van der Waals surface area (Å²) >= 11 is 0. The molecule has 36 heavy (non-hydrogen) atoms. The average molecular weight is 502 g/mol. The largest absolute Gasteiger partial charge is 0.494 e. The zero-order valence-corrected chi connectivity index (χ0v) is 19.7. The lowest BCUT2D eigenvalue weighted by Gasteiger charge is -2.36. The summed E-state index contributed by atoms with van der Waals surface area (Å²) in [6.07, 6.45) is -4.05. The molecule has 2 aliphatic rings. The van der Waals surface area contributed by atoms with Crippen LogP contribution in [0.15, 0.2) is 54.6 Å². The monoisotopic (exact) mass is 501 g/mol. The van der Waals surface area contributed by atoms with E-state index in [0.29, 0.717) is 23.5 Å². The molecule has 0 aliphatic carbocycles. The molecule has 0 atom stereocenters. The van der Waals surface area contributed by atoms with E-state index in [-0.39, 0.29) is 18.9 Å². The van der Waals surface area contributed by atoms with Crippen molar-refractivity contribution in [2.24, 2.45) is 0 Å². The first-order valence-electron chi connectivity index (χ1n) is 12.0. The van der Waals surface area contributed by atoms with E-state index in [1.807, 2.05) is 24.3 Å². The van der Waals surface area contributed by atoms with Crippen molar-refractivity contribution < 1.29 is 27.1 Å². The molecule has 0 N–H and O–H groups in total. The molecule has 1 saturated heterocycles. The molecule has 0 radical (unpaired) electrons. The topological polar surface area (TPSA) is 36.0 Å². The molecule has 0 bridgehead atoms. The molecular weight excluding hydrogens is 474 g/mol. The van der Waals surface area contributed by atoms with Crippen molar-refractivity contribution in [3.05, 3.63) is 71.5 Å². The molecule has 2 heterocycles. The SMILES string of the molecule is O=C(N1Cc2ccc(OCCCN3CCN(c4cccc5ccc(F)cc45)CC3)cc2C1)C(F)(F)F. The molecular formula is C27H27F4N3O2. The van der Waals surface area contributed by atoms with Gasteiger partial charge in [-0.1, -0.05) is 24.3 Å². The Morgan fingerprint density at radius 3 is 2.47 bits per heavy atom. The van der Waals surface area contributed by atoms with Crippen molar-refractivity contribution >= 4 is 22.4 Å². The van der Waals surface area contributed by atoms with E-state index < -0.39 is 12.1 Å². The highest BCUT2D eigenvalue weighted by atomic mass is 19.4. The van der Waals surface area contributed by atoms with Crippen LogP contribution >= 0.6 is 0 Å². The fraction of sp³-hybridized carbons (Fsp3) is 0.370. The number of benzene rings is 3. The van der Waals surface area contributed by atoms with Gasteiger partial charge in [-0.3, -0.25) is 9.69 Å². The number of piperazine rings is 1. The van der Waals surface area contributed by atoms with Gasteiger partial charge >= 0.3 is 12.1 Å². The molecule has 5 nitrogen and oxygen atoms in total. The van der Waals surface area contributed by atoms with Gasteiger partial charge in [0.05, 0.1) is 6.61 Å². The smallest absolute Gasteiger partial charge is 0.471 e. The fourth-order valence-corrected chi connectivity index (χ4v) is 4.98. The number of hydrogen-bond donors (Lipinski definition) is 0. The predicted octanol–water partition coefficient (Wildman–Crippen LogP) is 4.97. The number of fused-ring (bicyclic) bond motifs is 2. The van der Waals surface area contributed by atoms with Crippen molar-refractivity contribution in [2.75, 3.05) is 44.2 Å². The van der Waals surface area contributed by atoms with E-state index >= 15 is 0 Å². The lowest BCUT2D eigenvalue weighted by atomic mass is 10.1. The molecule has 3 aromatic carbocycles. The Morgan fingerprint density at radius 1 is 0.917 bits per heavy atom. The highest BCUT2D eigenvalue weighted by Crippen LogP contribution is 2.31. The van der Waals surface area contributed by atoms with Crippen LogP contribution in [-0.4, -0.2) is 61.2 Å². The highest BCUT2D eigenvalue weighted by Gasteiger charge is 2.44. The third kappa shape index (κ3) is 5.26. The highest BCUT2D eigenvalue weighted by molar-refractivity contribution is 5.94. The predicted molar refractivity (Wildman–Crippen MR) is 129 cm³/mol. The van der Waals surface area contributed by atoms with Gasteiger partial charge in [0.2, 0.25) is 0 Å². The zero-order chi connectivity index (χ0) is 25.3. The lowest BCUT2D eigenvalue weighted by molar-refractivity contribution is -0.186. The first-order valence-corrected chi connectivity index (χ1v) is 12.0. The van der Waals surface area contributed by atoms with E-state index in [4.69, 9.17) is 4.74 Å². The van der Waals surface area contributed by atoms with Gasteiger partial charge in [0.25, 0.3) is 0 Å².